The van der Waals surface area contributed by atoms with E-state index in [-0.39, 0.29) is 11.6 Å². The number of hydrogen-bond donors (Lipinski definition) is 2. The molecule has 27 heavy (non-hydrogen) atoms. The highest BCUT2D eigenvalue weighted by Crippen LogP contribution is 2.20. The number of para-hydroxylation sites is 1. The average molecular weight is 367 g/mol. The van der Waals surface area contributed by atoms with Crippen LogP contribution < -0.4 is 10.6 Å². The Balaban J connectivity index is 1.86. The number of aromatic nitrogens is 3. The molecule has 3 rings (SSSR count). The van der Waals surface area contributed by atoms with Crippen molar-refractivity contribution in [2.45, 2.75) is 13.8 Å². The number of hydrogen-bond acceptors (Lipinski definition) is 8. The van der Waals surface area contributed by atoms with Crippen molar-refractivity contribution in [3.63, 3.8) is 0 Å². The molecule has 0 aliphatic rings. The molecule has 3 aromatic rings. The molecule has 2 heterocycles. The smallest absolute Gasteiger partial charge is 0.339 e. The van der Waals surface area contributed by atoms with E-state index in [2.05, 4.69) is 25.8 Å². The Kier molecular flexibility index (Phi) is 5.11. The van der Waals surface area contributed by atoms with Gasteiger partial charge in [-0.25, -0.2) is 14.8 Å². The molecule has 0 aliphatic carbocycles. The van der Waals surface area contributed by atoms with E-state index in [1.807, 2.05) is 0 Å². The molecule has 0 bridgehead atoms. The van der Waals surface area contributed by atoms with Crippen molar-refractivity contribution >= 4 is 29.3 Å². The number of carbonyl (C=O) groups excluding carboxylic acids is 2. The molecule has 2 aromatic heterocycles. The van der Waals surface area contributed by atoms with Gasteiger partial charge in [-0.3, -0.25) is 4.79 Å². The number of nitrogens with one attached hydrogen (secondary N) is 2. The molecule has 0 radical (unpaired) electrons. The highest BCUT2D eigenvalue weighted by Gasteiger charge is 2.15. The maximum atomic E-state index is 12.4. The Hall–Kier alpha value is -3.75. The Bertz CT molecular complexity index is 999. The third-order valence-corrected chi connectivity index (χ3v) is 3.54. The molecular formula is C18H17N5O4. The fourth-order valence-corrected chi connectivity index (χ4v) is 2.35. The van der Waals surface area contributed by atoms with Crippen molar-refractivity contribution in [1.29, 1.82) is 0 Å². The molecule has 1 aromatic carbocycles. The van der Waals surface area contributed by atoms with Gasteiger partial charge in [-0.05, 0) is 32.0 Å². The lowest BCUT2D eigenvalue weighted by molar-refractivity contribution is 0.0601. The predicted molar refractivity (Wildman–Crippen MR) is 97.0 cm³/mol. The monoisotopic (exact) mass is 367 g/mol. The highest BCUT2D eigenvalue weighted by molar-refractivity contribution is 6.02. The first kappa shape index (κ1) is 18.1. The molecular weight excluding hydrogens is 350 g/mol. The number of methoxy groups -OCH3 is 1. The van der Waals surface area contributed by atoms with Gasteiger partial charge in [0.1, 0.15) is 11.5 Å². The van der Waals surface area contributed by atoms with Crippen molar-refractivity contribution in [1.82, 2.24) is 15.1 Å². The van der Waals surface area contributed by atoms with Gasteiger partial charge in [-0.2, -0.15) is 0 Å². The van der Waals surface area contributed by atoms with Gasteiger partial charge in [-0.15, -0.1) is 0 Å². The summed E-state index contributed by atoms with van der Waals surface area (Å²) in [6.45, 7) is 3.45. The van der Waals surface area contributed by atoms with Crippen molar-refractivity contribution in [3.05, 3.63) is 59.1 Å². The highest BCUT2D eigenvalue weighted by atomic mass is 16.5. The van der Waals surface area contributed by atoms with E-state index in [1.165, 1.54) is 7.11 Å². The zero-order chi connectivity index (χ0) is 19.4. The number of benzene rings is 1. The van der Waals surface area contributed by atoms with Crippen LogP contribution in [0.15, 0.2) is 40.9 Å². The summed E-state index contributed by atoms with van der Waals surface area (Å²) in [7, 11) is 1.30. The summed E-state index contributed by atoms with van der Waals surface area (Å²) in [5.74, 6) is 0.0845. The molecule has 0 unspecified atom stereocenters. The molecule has 0 fully saturated rings. The molecule has 0 atom stereocenters. The van der Waals surface area contributed by atoms with Gasteiger partial charge in [0.25, 0.3) is 5.91 Å². The van der Waals surface area contributed by atoms with Gasteiger partial charge in [-0.1, -0.05) is 17.3 Å². The number of carbonyl (C=O) groups is 2. The maximum Gasteiger partial charge on any atom is 0.339 e. The zero-order valence-electron chi connectivity index (χ0n) is 14.9. The second-order valence-corrected chi connectivity index (χ2v) is 5.66. The van der Waals surface area contributed by atoms with Gasteiger partial charge in [0.15, 0.2) is 5.82 Å². The largest absolute Gasteiger partial charge is 0.465 e. The van der Waals surface area contributed by atoms with E-state index in [4.69, 9.17) is 9.26 Å². The fraction of sp³-hybridized carbons (Fsp3) is 0.167. The van der Waals surface area contributed by atoms with Crippen LogP contribution in [0.3, 0.4) is 0 Å². The van der Waals surface area contributed by atoms with Crippen LogP contribution in [0, 0.1) is 13.8 Å². The molecule has 9 heteroatoms. The van der Waals surface area contributed by atoms with Crippen molar-refractivity contribution in [2.24, 2.45) is 0 Å². The van der Waals surface area contributed by atoms with Crippen molar-refractivity contribution in [3.8, 4) is 0 Å². The second-order valence-electron chi connectivity index (χ2n) is 5.66. The number of aryl methyl sites for hydroxylation is 2. The lowest BCUT2D eigenvalue weighted by Gasteiger charge is -2.11. The van der Waals surface area contributed by atoms with Crippen LogP contribution in [-0.4, -0.2) is 34.1 Å². The van der Waals surface area contributed by atoms with Crippen LogP contribution >= 0.6 is 0 Å². The van der Waals surface area contributed by atoms with Gasteiger partial charge in [0.2, 0.25) is 5.95 Å². The van der Waals surface area contributed by atoms with Gasteiger partial charge >= 0.3 is 5.97 Å². The SMILES string of the molecule is COC(=O)c1ccccc1Nc1nc(C)cc(C(=O)Nc2cc(C)on2)n1. The van der Waals surface area contributed by atoms with Gasteiger partial charge < -0.3 is 19.9 Å². The van der Waals surface area contributed by atoms with Crippen LogP contribution in [0.25, 0.3) is 0 Å². The van der Waals surface area contributed by atoms with Crippen LogP contribution in [0.2, 0.25) is 0 Å². The second kappa shape index (κ2) is 7.65. The molecule has 0 aliphatic heterocycles. The van der Waals surface area contributed by atoms with Crippen LogP contribution in [0.1, 0.15) is 32.3 Å². The van der Waals surface area contributed by atoms with Gasteiger partial charge in [0, 0.05) is 11.8 Å². The Morgan fingerprint density at radius 3 is 2.59 bits per heavy atom. The van der Waals surface area contributed by atoms with Crippen molar-refractivity contribution in [2.75, 3.05) is 17.7 Å². The minimum Gasteiger partial charge on any atom is -0.465 e. The van der Waals surface area contributed by atoms with Crippen molar-refractivity contribution < 1.29 is 18.8 Å². The molecule has 0 saturated heterocycles. The normalized spacial score (nSPS) is 10.3. The first-order valence-electron chi connectivity index (χ1n) is 8.01. The molecule has 0 spiro atoms. The fourth-order valence-electron chi connectivity index (χ4n) is 2.35. The standard InChI is InChI=1S/C18H17N5O4/c1-10-8-14(16(24)22-15-9-11(2)27-23-15)21-18(19-10)20-13-7-5-4-6-12(13)17(25)26-3/h4-9H,1-3H3,(H,19,20,21)(H,22,23,24). The lowest BCUT2D eigenvalue weighted by atomic mass is 10.2. The molecule has 0 saturated carbocycles. The first-order chi connectivity index (χ1) is 13.0. The quantitative estimate of drug-likeness (QED) is 0.661. The zero-order valence-corrected chi connectivity index (χ0v) is 14.9. The number of ether oxygens (including phenoxy) is 1. The Morgan fingerprint density at radius 1 is 1.11 bits per heavy atom. The van der Waals surface area contributed by atoms with Crippen LogP contribution in [0.4, 0.5) is 17.5 Å². The first-order valence-corrected chi connectivity index (χ1v) is 8.01. The summed E-state index contributed by atoms with van der Waals surface area (Å²) in [6.07, 6.45) is 0. The minimum absolute atomic E-state index is 0.140. The number of nitrogens with zero attached hydrogens (tertiary/aromatic N) is 3. The summed E-state index contributed by atoms with van der Waals surface area (Å²) in [5.41, 5.74) is 1.51. The summed E-state index contributed by atoms with van der Waals surface area (Å²) in [4.78, 5) is 32.8. The topological polar surface area (TPSA) is 119 Å². The number of anilines is 3. The third-order valence-electron chi connectivity index (χ3n) is 3.54. The summed E-state index contributed by atoms with van der Waals surface area (Å²) in [6, 6.07) is 9.91. The summed E-state index contributed by atoms with van der Waals surface area (Å²) >= 11 is 0. The van der Waals surface area contributed by atoms with E-state index in [0.717, 1.165) is 0 Å². The Morgan fingerprint density at radius 2 is 1.89 bits per heavy atom. The minimum atomic E-state index is -0.495. The van der Waals surface area contributed by atoms with Gasteiger partial charge in [0.05, 0.1) is 18.4 Å². The summed E-state index contributed by atoms with van der Waals surface area (Å²) < 4.78 is 9.69. The number of esters is 1. The third kappa shape index (κ3) is 4.27. The average Bonchev–Trinajstić information content (AvgIpc) is 3.05. The van der Waals surface area contributed by atoms with Crippen LogP contribution in [-0.2, 0) is 4.74 Å². The predicted octanol–water partition coefficient (Wildman–Crippen LogP) is 2.86. The maximum absolute atomic E-state index is 12.4. The number of rotatable bonds is 5. The molecule has 1 amide bonds. The lowest BCUT2D eigenvalue weighted by Crippen LogP contribution is -2.16. The van der Waals surface area contributed by atoms with Crippen LogP contribution in [0.5, 0.6) is 0 Å². The van der Waals surface area contributed by atoms with E-state index >= 15 is 0 Å². The van der Waals surface area contributed by atoms with E-state index < -0.39 is 11.9 Å². The van der Waals surface area contributed by atoms with E-state index in [0.29, 0.717) is 28.5 Å². The Labute approximate surface area is 154 Å². The molecule has 138 valence electrons. The van der Waals surface area contributed by atoms with E-state index in [9.17, 15) is 9.59 Å². The number of amides is 1. The molecule has 9 nitrogen and oxygen atoms in total. The molecule has 2 N–H and O–H groups in total. The van der Waals surface area contributed by atoms with E-state index in [1.54, 1.807) is 50.2 Å². The summed E-state index contributed by atoms with van der Waals surface area (Å²) in [5, 5.41) is 9.27.